The molecule has 2 heterocycles. The number of alkyl halides is 3. The molecule has 0 radical (unpaired) electrons. The van der Waals surface area contributed by atoms with Crippen LogP contribution >= 0.6 is 0 Å². The lowest BCUT2D eigenvalue weighted by atomic mass is 9.80. The SMILES string of the molecule is CCOC(=O)C1CC(C(=O)c2ccc(OC)cc2)=C2NCCCCN2C1(O)C(F)(F)F. The van der Waals surface area contributed by atoms with Gasteiger partial charge in [0.25, 0.3) is 5.72 Å². The van der Waals surface area contributed by atoms with E-state index in [1.54, 1.807) is 12.1 Å². The van der Waals surface area contributed by atoms with Crippen molar-refractivity contribution in [2.45, 2.75) is 38.1 Å². The number of aliphatic hydroxyl groups is 1. The van der Waals surface area contributed by atoms with E-state index in [9.17, 15) is 27.9 Å². The van der Waals surface area contributed by atoms with Crippen LogP contribution in [0.15, 0.2) is 35.7 Å². The van der Waals surface area contributed by atoms with Crippen molar-refractivity contribution in [2.75, 3.05) is 26.8 Å². The van der Waals surface area contributed by atoms with Crippen LogP contribution in [0.25, 0.3) is 0 Å². The van der Waals surface area contributed by atoms with Gasteiger partial charge < -0.3 is 24.8 Å². The van der Waals surface area contributed by atoms with E-state index in [2.05, 4.69) is 5.32 Å². The molecule has 0 bridgehead atoms. The minimum Gasteiger partial charge on any atom is -0.497 e. The van der Waals surface area contributed by atoms with Crippen LogP contribution in [-0.4, -0.2) is 60.5 Å². The van der Waals surface area contributed by atoms with Crippen molar-refractivity contribution < 1.29 is 37.3 Å². The molecule has 0 aliphatic carbocycles. The van der Waals surface area contributed by atoms with E-state index >= 15 is 0 Å². The molecule has 2 unspecified atom stereocenters. The molecule has 31 heavy (non-hydrogen) atoms. The molecule has 1 aromatic rings. The molecule has 10 heteroatoms. The summed E-state index contributed by atoms with van der Waals surface area (Å²) in [5.41, 5.74) is -3.26. The average Bonchev–Trinajstić information content (AvgIpc) is 3.00. The Bertz CT molecular complexity index is 869. The summed E-state index contributed by atoms with van der Waals surface area (Å²) in [5.74, 6) is -3.32. The lowest BCUT2D eigenvalue weighted by Crippen LogP contribution is -2.68. The second-order valence-corrected chi connectivity index (χ2v) is 7.40. The molecule has 2 aliphatic rings. The lowest BCUT2D eigenvalue weighted by molar-refractivity contribution is -0.331. The predicted octanol–water partition coefficient (Wildman–Crippen LogP) is 2.61. The molecule has 1 aromatic carbocycles. The molecule has 3 rings (SSSR count). The number of carbonyl (C=O) groups is 2. The normalized spacial score (nSPS) is 24.1. The number of nitrogens with one attached hydrogen (secondary N) is 1. The van der Waals surface area contributed by atoms with Gasteiger partial charge in [0.15, 0.2) is 5.78 Å². The highest BCUT2D eigenvalue weighted by Gasteiger charge is 2.67. The Morgan fingerprint density at radius 3 is 2.52 bits per heavy atom. The Hall–Kier alpha value is -2.75. The van der Waals surface area contributed by atoms with E-state index in [4.69, 9.17) is 9.47 Å². The number of Topliss-reactive ketones (excluding diaryl/α,β-unsaturated/α-hetero) is 1. The molecular weight excluding hydrogens is 417 g/mol. The summed E-state index contributed by atoms with van der Waals surface area (Å²) in [6, 6.07) is 6.13. The second kappa shape index (κ2) is 8.78. The standard InChI is InChI=1S/C21H25F3N2O5/c1-3-31-19(28)16-12-15(17(27)13-6-8-14(30-2)9-7-13)18-25-10-4-5-11-26(18)20(16,29)21(22,23)24/h6-9,16,25,29H,3-5,10-12H2,1-2H3. The monoisotopic (exact) mass is 442 g/mol. The van der Waals surface area contributed by atoms with Crippen LogP contribution in [0.3, 0.4) is 0 Å². The van der Waals surface area contributed by atoms with Gasteiger partial charge >= 0.3 is 12.1 Å². The molecule has 7 nitrogen and oxygen atoms in total. The molecule has 170 valence electrons. The number of halogens is 3. The molecule has 2 aliphatic heterocycles. The summed E-state index contributed by atoms with van der Waals surface area (Å²) in [7, 11) is 1.47. The first-order valence-corrected chi connectivity index (χ1v) is 10.0. The largest absolute Gasteiger partial charge is 0.497 e. The highest BCUT2D eigenvalue weighted by molar-refractivity contribution is 6.09. The molecule has 0 amide bonds. The van der Waals surface area contributed by atoms with Gasteiger partial charge in [-0.15, -0.1) is 0 Å². The Morgan fingerprint density at radius 1 is 1.26 bits per heavy atom. The third-order valence-electron chi connectivity index (χ3n) is 5.58. The quantitative estimate of drug-likeness (QED) is 0.535. The maximum absolute atomic E-state index is 14.2. The van der Waals surface area contributed by atoms with Crippen LogP contribution in [0.1, 0.15) is 36.5 Å². The number of allylic oxidation sites excluding steroid dienone is 1. The van der Waals surface area contributed by atoms with E-state index in [1.165, 1.54) is 26.2 Å². The number of ether oxygens (including phenoxy) is 2. The summed E-state index contributed by atoms with van der Waals surface area (Å²) >= 11 is 0. The first-order valence-electron chi connectivity index (χ1n) is 10.0. The third-order valence-corrected chi connectivity index (χ3v) is 5.58. The van der Waals surface area contributed by atoms with Gasteiger partial charge in [0.2, 0.25) is 0 Å². The van der Waals surface area contributed by atoms with E-state index < -0.39 is 36.0 Å². The van der Waals surface area contributed by atoms with Gasteiger partial charge in [0.1, 0.15) is 17.5 Å². The van der Waals surface area contributed by atoms with Gasteiger partial charge in [-0.25, -0.2) is 0 Å². The van der Waals surface area contributed by atoms with Crippen molar-refractivity contribution >= 4 is 11.8 Å². The van der Waals surface area contributed by atoms with Gasteiger partial charge in [-0.3, -0.25) is 9.59 Å². The zero-order chi connectivity index (χ0) is 22.8. The van der Waals surface area contributed by atoms with Crippen molar-refractivity contribution in [1.29, 1.82) is 0 Å². The van der Waals surface area contributed by atoms with Gasteiger partial charge in [-0.1, -0.05) is 0 Å². The summed E-state index contributed by atoms with van der Waals surface area (Å²) in [6.07, 6.45) is -4.88. The molecule has 0 spiro atoms. The summed E-state index contributed by atoms with van der Waals surface area (Å²) in [4.78, 5) is 26.5. The average molecular weight is 442 g/mol. The minimum absolute atomic E-state index is 0.000884. The van der Waals surface area contributed by atoms with Crippen molar-refractivity contribution in [3.8, 4) is 5.75 Å². The Morgan fingerprint density at radius 2 is 1.94 bits per heavy atom. The number of ketones is 1. The second-order valence-electron chi connectivity index (χ2n) is 7.40. The number of benzene rings is 1. The highest BCUT2D eigenvalue weighted by atomic mass is 19.4. The number of rotatable bonds is 5. The number of methoxy groups -OCH3 is 1. The fraction of sp³-hybridized carbons (Fsp3) is 0.524. The van der Waals surface area contributed by atoms with Crippen molar-refractivity contribution in [1.82, 2.24) is 10.2 Å². The maximum Gasteiger partial charge on any atom is 0.437 e. The fourth-order valence-corrected chi connectivity index (χ4v) is 4.01. The van der Waals surface area contributed by atoms with E-state index in [-0.39, 0.29) is 30.1 Å². The smallest absolute Gasteiger partial charge is 0.437 e. The van der Waals surface area contributed by atoms with Gasteiger partial charge in [0, 0.05) is 24.2 Å². The topological polar surface area (TPSA) is 88.1 Å². The van der Waals surface area contributed by atoms with Gasteiger partial charge in [-0.2, -0.15) is 13.2 Å². The molecule has 1 fully saturated rings. The summed E-state index contributed by atoms with van der Waals surface area (Å²) < 4.78 is 52.4. The minimum atomic E-state index is -5.16. The van der Waals surface area contributed by atoms with E-state index in [0.717, 1.165) is 0 Å². The first kappa shape index (κ1) is 22.9. The van der Waals surface area contributed by atoms with Crippen LogP contribution in [-0.2, 0) is 9.53 Å². The Balaban J connectivity index is 2.14. The number of hydrogen-bond donors (Lipinski definition) is 2. The number of nitrogens with zero attached hydrogens (tertiary/aromatic N) is 1. The third kappa shape index (κ3) is 4.08. The number of carbonyl (C=O) groups excluding carboxylic acids is 2. The number of hydrogen-bond acceptors (Lipinski definition) is 7. The van der Waals surface area contributed by atoms with Crippen molar-refractivity contribution in [3.63, 3.8) is 0 Å². The molecule has 2 atom stereocenters. The lowest BCUT2D eigenvalue weighted by Gasteiger charge is -2.49. The predicted molar refractivity (Wildman–Crippen MR) is 104 cm³/mol. The Kier molecular flexibility index (Phi) is 6.49. The molecule has 0 saturated carbocycles. The van der Waals surface area contributed by atoms with Gasteiger partial charge in [0.05, 0.1) is 13.7 Å². The highest BCUT2D eigenvalue weighted by Crippen LogP contribution is 2.48. The zero-order valence-electron chi connectivity index (χ0n) is 17.3. The molecular formula is C21H25F3N2O5. The Labute approximate surface area is 177 Å². The van der Waals surface area contributed by atoms with Crippen LogP contribution in [0, 0.1) is 5.92 Å². The van der Waals surface area contributed by atoms with Gasteiger partial charge in [-0.05, 0) is 50.5 Å². The van der Waals surface area contributed by atoms with Crippen LogP contribution in [0.2, 0.25) is 0 Å². The molecule has 1 saturated heterocycles. The fourth-order valence-electron chi connectivity index (χ4n) is 4.01. The molecule has 0 aromatic heterocycles. The number of fused-ring (bicyclic) bond motifs is 1. The first-order chi connectivity index (χ1) is 14.6. The van der Waals surface area contributed by atoms with Crippen LogP contribution < -0.4 is 10.1 Å². The van der Waals surface area contributed by atoms with E-state index in [1.807, 2.05) is 0 Å². The zero-order valence-corrected chi connectivity index (χ0v) is 17.3. The van der Waals surface area contributed by atoms with E-state index in [0.29, 0.717) is 30.0 Å². The van der Waals surface area contributed by atoms with Crippen molar-refractivity contribution in [3.05, 3.63) is 41.2 Å². The van der Waals surface area contributed by atoms with Crippen LogP contribution in [0.5, 0.6) is 5.75 Å². The number of esters is 1. The van der Waals surface area contributed by atoms with Crippen LogP contribution in [0.4, 0.5) is 13.2 Å². The summed E-state index contributed by atoms with van der Waals surface area (Å²) in [6.45, 7) is 1.47. The maximum atomic E-state index is 14.2. The molecule has 2 N–H and O–H groups in total. The summed E-state index contributed by atoms with van der Waals surface area (Å²) in [5, 5.41) is 13.8. The van der Waals surface area contributed by atoms with Crippen molar-refractivity contribution in [2.24, 2.45) is 5.92 Å².